The van der Waals surface area contributed by atoms with Gasteiger partial charge < -0.3 is 9.80 Å². The number of carbonyl (C=O) groups is 1. The maximum absolute atomic E-state index is 12.5. The van der Waals surface area contributed by atoms with Crippen molar-refractivity contribution in [1.82, 2.24) is 30.0 Å². The number of aryl methyl sites for hydroxylation is 1. The standard InChI is InChI=1S/C19H28N6O/c1-15-4-6-17(7-5-15)19-20-22-25(21-19)14-18(26)24-12-9-16(10-13-24)8-11-23(2)3/h4-7,16H,8-14H2,1-3H3. The molecule has 0 unspecified atom stereocenters. The number of hydrogen-bond donors (Lipinski definition) is 0. The molecule has 0 atom stereocenters. The molecule has 1 fully saturated rings. The highest BCUT2D eigenvalue weighted by molar-refractivity contribution is 5.75. The molecule has 1 aromatic carbocycles. The van der Waals surface area contributed by atoms with E-state index in [4.69, 9.17) is 0 Å². The monoisotopic (exact) mass is 356 g/mol. The number of rotatable bonds is 6. The van der Waals surface area contributed by atoms with Crippen molar-refractivity contribution in [3.63, 3.8) is 0 Å². The Morgan fingerprint density at radius 2 is 1.88 bits per heavy atom. The minimum atomic E-state index is 0.0731. The summed E-state index contributed by atoms with van der Waals surface area (Å²) in [5.41, 5.74) is 2.10. The zero-order chi connectivity index (χ0) is 18.5. The highest BCUT2D eigenvalue weighted by Crippen LogP contribution is 2.21. The third kappa shape index (κ3) is 4.88. The Labute approximate surface area is 155 Å². The summed E-state index contributed by atoms with van der Waals surface area (Å²) in [6.45, 7) is 4.97. The number of piperidine rings is 1. The van der Waals surface area contributed by atoms with Gasteiger partial charge in [0.05, 0.1) is 0 Å². The average molecular weight is 356 g/mol. The molecular weight excluding hydrogens is 328 g/mol. The molecule has 1 aliphatic heterocycles. The van der Waals surface area contributed by atoms with E-state index in [1.54, 1.807) is 0 Å². The first-order valence-corrected chi connectivity index (χ1v) is 9.28. The topological polar surface area (TPSA) is 67.2 Å². The van der Waals surface area contributed by atoms with E-state index in [0.717, 1.165) is 44.0 Å². The normalized spacial score (nSPS) is 15.6. The number of benzene rings is 1. The van der Waals surface area contributed by atoms with Gasteiger partial charge in [0, 0.05) is 18.7 Å². The second-order valence-corrected chi connectivity index (χ2v) is 7.43. The first-order chi connectivity index (χ1) is 12.5. The van der Waals surface area contributed by atoms with Gasteiger partial charge in [-0.1, -0.05) is 29.8 Å². The summed E-state index contributed by atoms with van der Waals surface area (Å²) < 4.78 is 0. The fraction of sp³-hybridized carbons (Fsp3) is 0.579. The highest BCUT2D eigenvalue weighted by atomic mass is 16.2. The van der Waals surface area contributed by atoms with E-state index in [1.807, 2.05) is 36.1 Å². The van der Waals surface area contributed by atoms with Crippen molar-refractivity contribution in [3.8, 4) is 11.4 Å². The Bertz CT molecular complexity index is 716. The van der Waals surface area contributed by atoms with Crippen LogP contribution >= 0.6 is 0 Å². The lowest BCUT2D eigenvalue weighted by atomic mass is 9.93. The molecule has 0 N–H and O–H groups in total. The number of aromatic nitrogens is 4. The number of amides is 1. The van der Waals surface area contributed by atoms with Crippen LogP contribution in [0.25, 0.3) is 11.4 Å². The van der Waals surface area contributed by atoms with Crippen LogP contribution in [0.5, 0.6) is 0 Å². The zero-order valence-corrected chi connectivity index (χ0v) is 15.9. The molecule has 1 aliphatic rings. The maximum atomic E-state index is 12.5. The summed E-state index contributed by atoms with van der Waals surface area (Å²) >= 11 is 0. The lowest BCUT2D eigenvalue weighted by Gasteiger charge is -2.32. The first kappa shape index (κ1) is 18.5. The highest BCUT2D eigenvalue weighted by Gasteiger charge is 2.23. The lowest BCUT2D eigenvalue weighted by Crippen LogP contribution is -2.41. The van der Waals surface area contributed by atoms with E-state index in [-0.39, 0.29) is 12.5 Å². The van der Waals surface area contributed by atoms with Gasteiger partial charge in [-0.2, -0.15) is 4.80 Å². The lowest BCUT2D eigenvalue weighted by molar-refractivity contribution is -0.133. The Morgan fingerprint density at radius 3 is 2.54 bits per heavy atom. The summed E-state index contributed by atoms with van der Waals surface area (Å²) in [6.07, 6.45) is 3.37. The molecule has 140 valence electrons. The molecule has 0 aliphatic carbocycles. The van der Waals surface area contributed by atoms with Crippen LogP contribution < -0.4 is 0 Å². The molecule has 7 heteroatoms. The maximum Gasteiger partial charge on any atom is 0.246 e. The molecule has 1 aromatic heterocycles. The predicted octanol–water partition coefficient (Wildman–Crippen LogP) is 1.84. The number of hydrogen-bond acceptors (Lipinski definition) is 5. The van der Waals surface area contributed by atoms with Gasteiger partial charge in [0.2, 0.25) is 11.7 Å². The second kappa shape index (κ2) is 8.40. The van der Waals surface area contributed by atoms with Crippen LogP contribution in [0.4, 0.5) is 0 Å². The second-order valence-electron chi connectivity index (χ2n) is 7.43. The third-order valence-electron chi connectivity index (χ3n) is 4.99. The number of carbonyl (C=O) groups excluding carboxylic acids is 1. The molecule has 26 heavy (non-hydrogen) atoms. The van der Waals surface area contributed by atoms with Crippen molar-refractivity contribution < 1.29 is 4.79 Å². The quantitative estimate of drug-likeness (QED) is 0.790. The van der Waals surface area contributed by atoms with Gasteiger partial charge in [-0.25, -0.2) is 0 Å². The summed E-state index contributed by atoms with van der Waals surface area (Å²) in [4.78, 5) is 18.1. The van der Waals surface area contributed by atoms with Gasteiger partial charge in [-0.15, -0.1) is 10.2 Å². The molecule has 3 rings (SSSR count). The molecule has 2 aromatic rings. The first-order valence-electron chi connectivity index (χ1n) is 9.28. The summed E-state index contributed by atoms with van der Waals surface area (Å²) in [5, 5.41) is 12.5. The Kier molecular flexibility index (Phi) is 5.98. The van der Waals surface area contributed by atoms with E-state index in [0.29, 0.717) is 5.82 Å². The van der Waals surface area contributed by atoms with E-state index >= 15 is 0 Å². The van der Waals surface area contributed by atoms with Crippen LogP contribution in [-0.4, -0.2) is 69.6 Å². The van der Waals surface area contributed by atoms with Gasteiger partial charge in [-0.3, -0.25) is 4.79 Å². The number of nitrogens with zero attached hydrogens (tertiary/aromatic N) is 6. The van der Waals surface area contributed by atoms with Crippen molar-refractivity contribution in [1.29, 1.82) is 0 Å². The fourth-order valence-electron chi connectivity index (χ4n) is 3.26. The van der Waals surface area contributed by atoms with Gasteiger partial charge in [0.25, 0.3) is 0 Å². The number of likely N-dealkylation sites (tertiary alicyclic amines) is 1. The molecule has 0 radical (unpaired) electrons. The van der Waals surface area contributed by atoms with Crippen molar-refractivity contribution >= 4 is 5.91 Å². The fourth-order valence-corrected chi connectivity index (χ4v) is 3.26. The van der Waals surface area contributed by atoms with Crippen LogP contribution in [0.2, 0.25) is 0 Å². The van der Waals surface area contributed by atoms with Crippen molar-refractivity contribution in [3.05, 3.63) is 29.8 Å². The third-order valence-corrected chi connectivity index (χ3v) is 4.99. The summed E-state index contributed by atoms with van der Waals surface area (Å²) in [5.74, 6) is 1.35. The van der Waals surface area contributed by atoms with E-state index in [2.05, 4.69) is 34.4 Å². The molecule has 0 spiro atoms. The number of tetrazole rings is 1. The molecule has 1 saturated heterocycles. The molecule has 0 bridgehead atoms. The summed E-state index contributed by atoms with van der Waals surface area (Å²) in [6, 6.07) is 7.97. The molecule has 1 amide bonds. The van der Waals surface area contributed by atoms with Crippen LogP contribution in [0.3, 0.4) is 0 Å². The van der Waals surface area contributed by atoms with Crippen LogP contribution in [0.15, 0.2) is 24.3 Å². The van der Waals surface area contributed by atoms with Gasteiger partial charge >= 0.3 is 0 Å². The van der Waals surface area contributed by atoms with E-state index in [1.165, 1.54) is 16.8 Å². The van der Waals surface area contributed by atoms with Crippen molar-refractivity contribution in [2.75, 3.05) is 33.7 Å². The van der Waals surface area contributed by atoms with Crippen LogP contribution in [-0.2, 0) is 11.3 Å². The Hall–Kier alpha value is -2.28. The minimum Gasteiger partial charge on any atom is -0.341 e. The molecule has 7 nitrogen and oxygen atoms in total. The molecular formula is C19H28N6O. The predicted molar refractivity (Wildman–Crippen MR) is 100 cm³/mol. The van der Waals surface area contributed by atoms with E-state index in [9.17, 15) is 4.79 Å². The van der Waals surface area contributed by atoms with Gasteiger partial charge in [0.15, 0.2) is 0 Å². The van der Waals surface area contributed by atoms with Crippen molar-refractivity contribution in [2.24, 2.45) is 5.92 Å². The van der Waals surface area contributed by atoms with Crippen LogP contribution in [0, 0.1) is 12.8 Å². The Balaban J connectivity index is 1.50. The van der Waals surface area contributed by atoms with Gasteiger partial charge in [-0.05, 0) is 58.0 Å². The van der Waals surface area contributed by atoms with Crippen molar-refractivity contribution in [2.45, 2.75) is 32.7 Å². The summed E-state index contributed by atoms with van der Waals surface area (Å²) in [7, 11) is 4.21. The zero-order valence-electron chi connectivity index (χ0n) is 15.9. The van der Waals surface area contributed by atoms with Crippen LogP contribution in [0.1, 0.15) is 24.8 Å². The molecule has 0 saturated carbocycles. The molecule has 2 heterocycles. The van der Waals surface area contributed by atoms with Gasteiger partial charge in [0.1, 0.15) is 6.54 Å². The minimum absolute atomic E-state index is 0.0731. The SMILES string of the molecule is Cc1ccc(-c2nnn(CC(=O)N3CCC(CCN(C)C)CC3)n2)cc1. The average Bonchev–Trinajstić information content (AvgIpc) is 3.09. The smallest absolute Gasteiger partial charge is 0.246 e. The van der Waals surface area contributed by atoms with E-state index < -0.39 is 0 Å². The largest absolute Gasteiger partial charge is 0.341 e. The Morgan fingerprint density at radius 1 is 1.19 bits per heavy atom.